The minimum absolute atomic E-state index is 0.0502. The molecule has 1 saturated heterocycles. The van der Waals surface area contributed by atoms with Crippen LogP contribution in [0, 0.1) is 0 Å². The smallest absolute Gasteiger partial charge is 0.369 e. The van der Waals surface area contributed by atoms with Gasteiger partial charge in [-0.2, -0.15) is 18.2 Å². The summed E-state index contributed by atoms with van der Waals surface area (Å²) in [6.07, 6.45) is -0.841. The van der Waals surface area contributed by atoms with Gasteiger partial charge in [0.2, 0.25) is 11.9 Å². The number of carbonyl (C=O) groups excluding carboxylic acids is 1. The summed E-state index contributed by atoms with van der Waals surface area (Å²) in [5, 5.41) is 5.40. The van der Waals surface area contributed by atoms with Crippen molar-refractivity contribution < 1.29 is 18.0 Å². The van der Waals surface area contributed by atoms with Crippen molar-refractivity contribution in [3.8, 4) is 0 Å². The number of hydrogen-bond donors (Lipinski definition) is 2. The van der Waals surface area contributed by atoms with E-state index in [-0.39, 0.29) is 24.2 Å². The zero-order chi connectivity index (χ0) is 18.4. The second-order valence-electron chi connectivity index (χ2n) is 5.98. The molecule has 1 aromatic rings. The Hall–Kier alpha value is -2.32. The molecule has 0 saturated carbocycles. The molecule has 25 heavy (non-hydrogen) atoms. The summed E-state index contributed by atoms with van der Waals surface area (Å²) in [6.45, 7) is 6.78. The number of rotatable bonds is 7. The van der Waals surface area contributed by atoms with Crippen molar-refractivity contribution in [3.63, 3.8) is 0 Å². The number of alkyl halides is 3. The van der Waals surface area contributed by atoms with E-state index in [9.17, 15) is 18.0 Å². The second kappa shape index (κ2) is 8.17. The molecule has 0 bridgehead atoms. The lowest BCUT2D eigenvalue weighted by molar-refractivity contribution is -0.137. The minimum atomic E-state index is -4.55. The largest absolute Gasteiger partial charge is 0.421 e. The summed E-state index contributed by atoms with van der Waals surface area (Å²) >= 11 is 0. The summed E-state index contributed by atoms with van der Waals surface area (Å²) in [7, 11) is 0. The molecular formula is C16H22F3N5O. The Kier molecular flexibility index (Phi) is 6.22. The first-order valence-electron chi connectivity index (χ1n) is 8.16. The zero-order valence-electron chi connectivity index (χ0n) is 14.1. The monoisotopic (exact) mass is 357 g/mol. The Morgan fingerprint density at radius 2 is 2.16 bits per heavy atom. The first-order valence-corrected chi connectivity index (χ1v) is 8.16. The highest BCUT2D eigenvalue weighted by atomic mass is 19.4. The number of piperidine rings is 1. The van der Waals surface area contributed by atoms with Gasteiger partial charge in [0.15, 0.2) is 0 Å². The Balaban J connectivity index is 1.98. The van der Waals surface area contributed by atoms with Crippen LogP contribution in [0.15, 0.2) is 18.5 Å². The Labute approximate surface area is 144 Å². The number of nitrogens with one attached hydrogen (secondary N) is 2. The normalized spacial score (nSPS) is 15.2. The number of carbonyl (C=O) groups is 1. The van der Waals surface area contributed by atoms with E-state index in [2.05, 4.69) is 27.2 Å². The van der Waals surface area contributed by atoms with Crippen LogP contribution in [0.2, 0.25) is 0 Å². The minimum Gasteiger partial charge on any atom is -0.369 e. The molecule has 138 valence electrons. The molecule has 0 spiro atoms. The van der Waals surface area contributed by atoms with Crippen LogP contribution in [-0.4, -0.2) is 40.4 Å². The average Bonchev–Trinajstić information content (AvgIpc) is 2.51. The fraction of sp³-hybridized carbons (Fsp3) is 0.562. The fourth-order valence-electron chi connectivity index (χ4n) is 2.55. The Morgan fingerprint density at radius 1 is 1.40 bits per heavy atom. The van der Waals surface area contributed by atoms with E-state index < -0.39 is 11.7 Å². The third-order valence-electron chi connectivity index (χ3n) is 3.74. The van der Waals surface area contributed by atoms with Crippen LogP contribution in [0.4, 0.5) is 24.9 Å². The first-order chi connectivity index (χ1) is 11.8. The number of anilines is 2. The standard InChI is InChI=1S/C16H22F3N5O/c1-11(2)22-15-21-10-12(16(17,18)19)14(23-15)20-7-5-9-24-8-4-3-6-13(24)25/h10H,1,3-9H2,2H3,(H2,20,21,22,23). The molecule has 6 nitrogen and oxygen atoms in total. The van der Waals surface area contributed by atoms with E-state index in [1.807, 2.05) is 0 Å². The molecule has 1 aliphatic rings. The molecule has 2 rings (SSSR count). The van der Waals surface area contributed by atoms with Gasteiger partial charge in [-0.15, -0.1) is 0 Å². The maximum absolute atomic E-state index is 13.1. The van der Waals surface area contributed by atoms with E-state index in [4.69, 9.17) is 0 Å². The number of nitrogens with zero attached hydrogens (tertiary/aromatic N) is 3. The molecule has 1 amide bonds. The zero-order valence-corrected chi connectivity index (χ0v) is 14.1. The van der Waals surface area contributed by atoms with Gasteiger partial charge in [0.05, 0.1) is 0 Å². The topological polar surface area (TPSA) is 70.2 Å². The molecule has 0 radical (unpaired) electrons. The van der Waals surface area contributed by atoms with Crippen molar-refractivity contribution in [2.24, 2.45) is 0 Å². The van der Waals surface area contributed by atoms with Gasteiger partial charge >= 0.3 is 6.18 Å². The number of allylic oxidation sites excluding steroid dienone is 1. The molecule has 0 aromatic carbocycles. The third-order valence-corrected chi connectivity index (χ3v) is 3.74. The molecular weight excluding hydrogens is 335 g/mol. The lowest BCUT2D eigenvalue weighted by Gasteiger charge is -2.26. The second-order valence-corrected chi connectivity index (χ2v) is 5.98. The number of hydrogen-bond acceptors (Lipinski definition) is 5. The molecule has 1 fully saturated rings. The van der Waals surface area contributed by atoms with E-state index in [1.165, 1.54) is 0 Å². The maximum atomic E-state index is 13.1. The summed E-state index contributed by atoms with van der Waals surface area (Å²) in [5.74, 6) is -0.123. The van der Waals surface area contributed by atoms with E-state index in [1.54, 1.807) is 11.8 Å². The van der Waals surface area contributed by atoms with Gasteiger partial charge in [-0.25, -0.2) is 4.98 Å². The summed E-state index contributed by atoms with van der Waals surface area (Å²) in [5.41, 5.74) is -0.400. The van der Waals surface area contributed by atoms with E-state index in [0.717, 1.165) is 19.0 Å². The average molecular weight is 357 g/mol. The van der Waals surface area contributed by atoms with Crippen LogP contribution < -0.4 is 10.6 Å². The van der Waals surface area contributed by atoms with Crippen molar-refractivity contribution >= 4 is 17.7 Å². The number of likely N-dealkylation sites (tertiary alicyclic amines) is 1. The van der Waals surface area contributed by atoms with Crippen LogP contribution in [0.25, 0.3) is 0 Å². The molecule has 0 aliphatic carbocycles. The fourth-order valence-corrected chi connectivity index (χ4v) is 2.55. The van der Waals surface area contributed by atoms with Gasteiger partial charge in [-0.05, 0) is 26.2 Å². The van der Waals surface area contributed by atoms with Crippen molar-refractivity contribution in [2.75, 3.05) is 30.3 Å². The number of halogens is 3. The highest BCUT2D eigenvalue weighted by molar-refractivity contribution is 5.76. The van der Waals surface area contributed by atoms with Gasteiger partial charge in [0.25, 0.3) is 0 Å². The van der Waals surface area contributed by atoms with Crippen molar-refractivity contribution in [1.82, 2.24) is 14.9 Å². The van der Waals surface area contributed by atoms with Crippen molar-refractivity contribution in [3.05, 3.63) is 24.0 Å². The van der Waals surface area contributed by atoms with E-state index >= 15 is 0 Å². The molecule has 0 atom stereocenters. The summed E-state index contributed by atoms with van der Waals surface area (Å²) in [4.78, 5) is 21.0. The Bertz CT molecular complexity index is 633. The maximum Gasteiger partial charge on any atom is 0.421 e. The summed E-state index contributed by atoms with van der Waals surface area (Å²) < 4.78 is 39.2. The van der Waals surface area contributed by atoms with Crippen LogP contribution >= 0.6 is 0 Å². The van der Waals surface area contributed by atoms with Crippen molar-refractivity contribution in [1.29, 1.82) is 0 Å². The van der Waals surface area contributed by atoms with Gasteiger partial charge in [0.1, 0.15) is 11.4 Å². The number of amides is 1. The van der Waals surface area contributed by atoms with Gasteiger partial charge in [0, 0.05) is 37.9 Å². The molecule has 9 heteroatoms. The van der Waals surface area contributed by atoms with Gasteiger partial charge < -0.3 is 15.5 Å². The van der Waals surface area contributed by atoms with Crippen LogP contribution in [0.5, 0.6) is 0 Å². The number of aromatic nitrogens is 2. The van der Waals surface area contributed by atoms with Crippen LogP contribution in [0.3, 0.4) is 0 Å². The van der Waals surface area contributed by atoms with Crippen molar-refractivity contribution in [2.45, 2.75) is 38.8 Å². The van der Waals surface area contributed by atoms with E-state index in [0.29, 0.717) is 31.6 Å². The SMILES string of the molecule is C=C(C)Nc1ncc(C(F)(F)F)c(NCCCN2CCCCC2=O)n1. The molecule has 0 unspecified atom stereocenters. The first kappa shape index (κ1) is 19.0. The lowest BCUT2D eigenvalue weighted by Crippen LogP contribution is -2.36. The molecule has 1 aliphatic heterocycles. The van der Waals surface area contributed by atoms with Crippen LogP contribution in [-0.2, 0) is 11.0 Å². The molecule has 2 N–H and O–H groups in total. The van der Waals surface area contributed by atoms with Crippen LogP contribution in [0.1, 0.15) is 38.2 Å². The lowest BCUT2D eigenvalue weighted by atomic mass is 10.1. The Morgan fingerprint density at radius 3 is 2.80 bits per heavy atom. The quantitative estimate of drug-likeness (QED) is 0.733. The van der Waals surface area contributed by atoms with Gasteiger partial charge in [-0.1, -0.05) is 6.58 Å². The third kappa shape index (κ3) is 5.61. The van der Waals surface area contributed by atoms with Gasteiger partial charge in [-0.3, -0.25) is 4.79 Å². The molecule has 1 aromatic heterocycles. The highest BCUT2D eigenvalue weighted by Crippen LogP contribution is 2.33. The molecule has 2 heterocycles. The predicted octanol–water partition coefficient (Wildman–Crippen LogP) is 3.26. The highest BCUT2D eigenvalue weighted by Gasteiger charge is 2.35. The predicted molar refractivity (Wildman–Crippen MR) is 89.0 cm³/mol. The summed E-state index contributed by atoms with van der Waals surface area (Å²) in [6, 6.07) is 0.